The van der Waals surface area contributed by atoms with Gasteiger partial charge in [0.1, 0.15) is 6.61 Å². The fourth-order valence-corrected chi connectivity index (χ4v) is 2.66. The molecule has 0 aromatic heterocycles. The first-order chi connectivity index (χ1) is 12.0. The molecule has 0 radical (unpaired) electrons. The quantitative estimate of drug-likeness (QED) is 0.489. The Morgan fingerprint density at radius 1 is 0.962 bits per heavy atom. The summed E-state index contributed by atoms with van der Waals surface area (Å²) in [5.74, 6) is -0.327. The normalized spacial score (nSPS) is 10.3. The Hall–Kier alpha value is -2.10. The molecule has 0 heterocycles. The highest BCUT2D eigenvalue weighted by Crippen LogP contribution is 2.15. The SMILES string of the molecule is C=C(C)C(=O)OCCN(Cc1ccccc1C)Cc1ccccc1C.Cl. The molecular weight excluding hydrogens is 346 g/mol. The summed E-state index contributed by atoms with van der Waals surface area (Å²) in [5.41, 5.74) is 5.57. The van der Waals surface area contributed by atoms with E-state index < -0.39 is 0 Å². The second-order valence-electron chi connectivity index (χ2n) is 6.48. The molecule has 0 bridgehead atoms. The summed E-state index contributed by atoms with van der Waals surface area (Å²) in [6.07, 6.45) is 0. The standard InChI is InChI=1S/C22H27NO2.ClH/c1-17(2)22(24)25-14-13-23(15-20-11-7-5-9-18(20)3)16-21-12-8-6-10-19(21)4;/h5-12H,1,13-16H2,2-4H3;1H. The minimum Gasteiger partial charge on any atom is -0.461 e. The average molecular weight is 374 g/mol. The highest BCUT2D eigenvalue weighted by Gasteiger charge is 2.11. The van der Waals surface area contributed by atoms with Crippen molar-refractivity contribution in [2.75, 3.05) is 13.2 Å². The molecular formula is C22H28ClNO2. The van der Waals surface area contributed by atoms with Crippen molar-refractivity contribution in [1.29, 1.82) is 0 Å². The topological polar surface area (TPSA) is 29.5 Å². The maximum absolute atomic E-state index is 11.6. The maximum atomic E-state index is 11.6. The van der Waals surface area contributed by atoms with Crippen LogP contribution in [-0.2, 0) is 22.6 Å². The molecule has 0 aliphatic carbocycles. The minimum atomic E-state index is -0.327. The molecule has 140 valence electrons. The second kappa shape index (κ2) is 10.8. The summed E-state index contributed by atoms with van der Waals surface area (Å²) in [6.45, 7) is 12.2. The number of nitrogens with zero attached hydrogens (tertiary/aromatic N) is 1. The van der Waals surface area contributed by atoms with Crippen LogP contribution in [0, 0.1) is 13.8 Å². The number of carbonyl (C=O) groups is 1. The van der Waals surface area contributed by atoms with E-state index in [1.165, 1.54) is 22.3 Å². The second-order valence-corrected chi connectivity index (χ2v) is 6.48. The van der Waals surface area contributed by atoms with Crippen molar-refractivity contribution in [2.24, 2.45) is 0 Å². The number of benzene rings is 2. The Labute approximate surface area is 163 Å². The van der Waals surface area contributed by atoms with Gasteiger partial charge in [-0.3, -0.25) is 4.90 Å². The molecule has 0 unspecified atom stereocenters. The molecule has 0 fully saturated rings. The average Bonchev–Trinajstić information content (AvgIpc) is 2.58. The Bertz CT molecular complexity index is 695. The third-order valence-corrected chi connectivity index (χ3v) is 4.30. The first-order valence-corrected chi connectivity index (χ1v) is 8.61. The highest BCUT2D eigenvalue weighted by molar-refractivity contribution is 5.86. The lowest BCUT2D eigenvalue weighted by molar-refractivity contribution is -0.139. The van der Waals surface area contributed by atoms with Gasteiger partial charge in [-0.05, 0) is 43.0 Å². The maximum Gasteiger partial charge on any atom is 0.333 e. The summed E-state index contributed by atoms with van der Waals surface area (Å²) in [7, 11) is 0. The number of ether oxygens (including phenoxy) is 1. The van der Waals surface area contributed by atoms with Crippen molar-refractivity contribution in [2.45, 2.75) is 33.9 Å². The van der Waals surface area contributed by atoms with Crippen molar-refractivity contribution in [3.63, 3.8) is 0 Å². The smallest absolute Gasteiger partial charge is 0.333 e. The molecule has 0 saturated heterocycles. The molecule has 4 heteroatoms. The lowest BCUT2D eigenvalue weighted by Gasteiger charge is -2.24. The molecule has 2 aromatic rings. The molecule has 0 atom stereocenters. The van der Waals surface area contributed by atoms with E-state index in [0.717, 1.165) is 13.1 Å². The van der Waals surface area contributed by atoms with E-state index in [1.807, 2.05) is 0 Å². The summed E-state index contributed by atoms with van der Waals surface area (Å²) in [4.78, 5) is 13.9. The number of hydrogen-bond donors (Lipinski definition) is 0. The zero-order valence-electron chi connectivity index (χ0n) is 15.8. The summed E-state index contributed by atoms with van der Waals surface area (Å²) < 4.78 is 5.29. The third kappa shape index (κ3) is 6.66. The molecule has 3 nitrogen and oxygen atoms in total. The Kier molecular flexibility index (Phi) is 9.11. The van der Waals surface area contributed by atoms with Crippen LogP contribution < -0.4 is 0 Å². The number of esters is 1. The summed E-state index contributed by atoms with van der Waals surface area (Å²) in [6, 6.07) is 16.8. The zero-order chi connectivity index (χ0) is 18.2. The van der Waals surface area contributed by atoms with Crippen LogP contribution in [0.1, 0.15) is 29.2 Å². The first kappa shape index (κ1) is 21.9. The molecule has 0 amide bonds. The number of aryl methyl sites for hydroxylation is 2. The minimum absolute atomic E-state index is 0. The highest BCUT2D eigenvalue weighted by atomic mass is 35.5. The zero-order valence-corrected chi connectivity index (χ0v) is 16.6. The van der Waals surface area contributed by atoms with Gasteiger partial charge in [0.15, 0.2) is 0 Å². The molecule has 26 heavy (non-hydrogen) atoms. The largest absolute Gasteiger partial charge is 0.461 e. The van der Waals surface area contributed by atoms with Crippen LogP contribution in [0.15, 0.2) is 60.7 Å². The first-order valence-electron chi connectivity index (χ1n) is 8.61. The van der Waals surface area contributed by atoms with Gasteiger partial charge < -0.3 is 4.74 Å². The molecule has 0 N–H and O–H groups in total. The lowest BCUT2D eigenvalue weighted by Crippen LogP contribution is -2.28. The molecule has 0 aliphatic heterocycles. The van der Waals surface area contributed by atoms with E-state index in [9.17, 15) is 4.79 Å². The van der Waals surface area contributed by atoms with Crippen LogP contribution >= 0.6 is 12.4 Å². The lowest BCUT2D eigenvalue weighted by atomic mass is 10.1. The van der Waals surface area contributed by atoms with E-state index in [2.05, 4.69) is 73.9 Å². The van der Waals surface area contributed by atoms with Crippen molar-refractivity contribution in [3.05, 3.63) is 82.9 Å². The number of carbonyl (C=O) groups excluding carboxylic acids is 1. The van der Waals surface area contributed by atoms with Gasteiger partial charge in [0.05, 0.1) is 0 Å². The van der Waals surface area contributed by atoms with E-state index in [-0.39, 0.29) is 18.4 Å². The Balaban J connectivity index is 0.00000338. The number of halogens is 1. The fraction of sp³-hybridized carbons (Fsp3) is 0.318. The molecule has 0 spiro atoms. The van der Waals surface area contributed by atoms with E-state index in [1.54, 1.807) is 6.92 Å². The van der Waals surface area contributed by atoms with E-state index >= 15 is 0 Å². The van der Waals surface area contributed by atoms with Crippen LogP contribution in [0.3, 0.4) is 0 Å². The number of hydrogen-bond acceptors (Lipinski definition) is 3. The molecule has 0 saturated carbocycles. The van der Waals surface area contributed by atoms with E-state index in [4.69, 9.17) is 4.74 Å². The predicted octanol–water partition coefficient (Wildman–Crippen LogP) is 4.85. The predicted molar refractivity (Wildman–Crippen MR) is 109 cm³/mol. The van der Waals surface area contributed by atoms with Gasteiger partial charge in [-0.15, -0.1) is 12.4 Å². The van der Waals surface area contributed by atoms with Crippen molar-refractivity contribution in [3.8, 4) is 0 Å². The fourth-order valence-electron chi connectivity index (χ4n) is 2.66. The van der Waals surface area contributed by atoms with E-state index in [0.29, 0.717) is 18.7 Å². The third-order valence-electron chi connectivity index (χ3n) is 4.30. The van der Waals surface area contributed by atoms with Crippen molar-refractivity contribution < 1.29 is 9.53 Å². The van der Waals surface area contributed by atoms with Gasteiger partial charge in [0, 0.05) is 25.2 Å². The van der Waals surface area contributed by atoms with Gasteiger partial charge in [-0.2, -0.15) is 0 Å². The van der Waals surface area contributed by atoms with Gasteiger partial charge in [0.25, 0.3) is 0 Å². The van der Waals surface area contributed by atoms with Gasteiger partial charge >= 0.3 is 5.97 Å². The van der Waals surface area contributed by atoms with Crippen LogP contribution in [-0.4, -0.2) is 24.0 Å². The van der Waals surface area contributed by atoms with Gasteiger partial charge in [0.2, 0.25) is 0 Å². The van der Waals surface area contributed by atoms with Crippen molar-refractivity contribution >= 4 is 18.4 Å². The molecule has 2 rings (SSSR count). The monoisotopic (exact) mass is 373 g/mol. The van der Waals surface area contributed by atoms with Crippen LogP contribution in [0.5, 0.6) is 0 Å². The molecule has 2 aromatic carbocycles. The van der Waals surface area contributed by atoms with Crippen LogP contribution in [0.25, 0.3) is 0 Å². The number of rotatable bonds is 8. The summed E-state index contributed by atoms with van der Waals surface area (Å²) >= 11 is 0. The summed E-state index contributed by atoms with van der Waals surface area (Å²) in [5, 5.41) is 0. The van der Waals surface area contributed by atoms with Crippen molar-refractivity contribution in [1.82, 2.24) is 4.90 Å². The van der Waals surface area contributed by atoms with Crippen LogP contribution in [0.4, 0.5) is 0 Å². The Morgan fingerprint density at radius 2 is 1.42 bits per heavy atom. The van der Waals surface area contributed by atoms with Crippen LogP contribution in [0.2, 0.25) is 0 Å². The molecule has 0 aliphatic rings. The van der Waals surface area contributed by atoms with Gasteiger partial charge in [-0.1, -0.05) is 55.1 Å². The van der Waals surface area contributed by atoms with Gasteiger partial charge in [-0.25, -0.2) is 4.79 Å². The Morgan fingerprint density at radius 3 is 1.85 bits per heavy atom.